The topological polar surface area (TPSA) is 109 Å². The van der Waals surface area contributed by atoms with Crippen molar-refractivity contribution < 1.29 is 18.3 Å². The zero-order valence-corrected chi connectivity index (χ0v) is 11.3. The van der Waals surface area contributed by atoms with E-state index in [9.17, 15) is 13.2 Å². The van der Waals surface area contributed by atoms with Gasteiger partial charge in [0.1, 0.15) is 0 Å². The molecule has 0 unspecified atom stereocenters. The van der Waals surface area contributed by atoms with Gasteiger partial charge in [-0.3, -0.25) is 10.6 Å². The van der Waals surface area contributed by atoms with Crippen LogP contribution in [0, 0.1) is 20.8 Å². The van der Waals surface area contributed by atoms with E-state index in [1.807, 2.05) is 0 Å². The molecule has 4 N–H and O–H groups in total. The van der Waals surface area contributed by atoms with Crippen molar-refractivity contribution in [3.8, 4) is 0 Å². The lowest BCUT2D eigenvalue weighted by Gasteiger charge is -2.15. The molecule has 0 amide bonds. The Kier molecular flexibility index (Phi) is 4.10. The minimum absolute atomic E-state index is 0.0480. The zero-order chi connectivity index (χ0) is 14.1. The highest BCUT2D eigenvalue weighted by Gasteiger charge is 2.22. The number of aryl methyl sites for hydroxylation is 2. The van der Waals surface area contributed by atoms with Gasteiger partial charge in [0.2, 0.25) is 0 Å². The van der Waals surface area contributed by atoms with E-state index < -0.39 is 16.0 Å². The number of hydrogen-bond donors (Lipinski definition) is 3. The second-order valence-electron chi connectivity index (χ2n) is 4.13. The molecule has 0 saturated carbocycles. The van der Waals surface area contributed by atoms with Crippen LogP contribution in [0.1, 0.15) is 22.3 Å². The molecule has 0 radical (unpaired) electrons. The molecule has 1 rings (SSSR count). The summed E-state index contributed by atoms with van der Waals surface area (Å²) in [5.41, 5.74) is 2.22. The number of carboxylic acid groups (broad SMARTS) is 1. The summed E-state index contributed by atoms with van der Waals surface area (Å²) in [6.45, 7) is 4.99. The van der Waals surface area contributed by atoms with Gasteiger partial charge in [0.05, 0.1) is 11.3 Å². The minimum Gasteiger partial charge on any atom is -0.481 e. The van der Waals surface area contributed by atoms with Crippen molar-refractivity contribution in [1.82, 2.24) is 4.83 Å². The first-order valence-electron chi connectivity index (χ1n) is 5.24. The average molecular weight is 272 g/mol. The number of hydrazine groups is 1. The summed E-state index contributed by atoms with van der Waals surface area (Å²) in [6, 6.07) is 1.65. The molecule has 6 nitrogen and oxygen atoms in total. The Bertz CT molecular complexity index is 594. The predicted molar refractivity (Wildman–Crippen MR) is 66.5 cm³/mol. The van der Waals surface area contributed by atoms with E-state index in [1.54, 1.807) is 31.7 Å². The quantitative estimate of drug-likeness (QED) is 0.542. The fourth-order valence-corrected chi connectivity index (χ4v) is 3.23. The van der Waals surface area contributed by atoms with Crippen molar-refractivity contribution in [2.24, 2.45) is 5.84 Å². The van der Waals surface area contributed by atoms with E-state index in [1.165, 1.54) is 0 Å². The van der Waals surface area contributed by atoms with Crippen LogP contribution in [0.2, 0.25) is 0 Å². The highest BCUT2D eigenvalue weighted by Crippen LogP contribution is 2.26. The monoisotopic (exact) mass is 272 g/mol. The van der Waals surface area contributed by atoms with Crippen LogP contribution < -0.4 is 10.7 Å². The summed E-state index contributed by atoms with van der Waals surface area (Å²) < 4.78 is 23.6. The Labute approximate surface area is 106 Å². The molecule has 0 aliphatic heterocycles. The maximum absolute atomic E-state index is 11.8. The average Bonchev–Trinajstić information content (AvgIpc) is 2.23. The lowest BCUT2D eigenvalue weighted by molar-refractivity contribution is -0.136. The molecule has 0 aromatic heterocycles. The van der Waals surface area contributed by atoms with E-state index in [4.69, 9.17) is 10.9 Å². The van der Waals surface area contributed by atoms with Gasteiger partial charge in [0.25, 0.3) is 10.0 Å². The number of carbonyl (C=O) groups is 1. The number of sulfonamides is 1. The van der Waals surface area contributed by atoms with Gasteiger partial charge < -0.3 is 5.11 Å². The largest absolute Gasteiger partial charge is 0.481 e. The van der Waals surface area contributed by atoms with Crippen molar-refractivity contribution in [2.45, 2.75) is 32.1 Å². The van der Waals surface area contributed by atoms with E-state index in [2.05, 4.69) is 0 Å². The Morgan fingerprint density at radius 2 is 1.89 bits per heavy atom. The fraction of sp³-hybridized carbons (Fsp3) is 0.364. The SMILES string of the molecule is Cc1cc(C)c(S(=O)(=O)NN)c(C)c1CC(=O)O. The number of rotatable bonds is 4. The summed E-state index contributed by atoms with van der Waals surface area (Å²) in [5.74, 6) is 4.01. The predicted octanol–water partition coefficient (Wildman–Crippen LogP) is 0.391. The molecule has 0 aliphatic rings. The molecule has 7 heteroatoms. The van der Waals surface area contributed by atoms with Gasteiger partial charge in [-0.05, 0) is 43.0 Å². The van der Waals surface area contributed by atoms with Crippen molar-refractivity contribution >= 4 is 16.0 Å². The Hall–Kier alpha value is -1.44. The number of hydrogen-bond acceptors (Lipinski definition) is 4. The molecule has 0 fully saturated rings. The van der Waals surface area contributed by atoms with Crippen molar-refractivity contribution in [3.05, 3.63) is 28.3 Å². The van der Waals surface area contributed by atoms with E-state index in [0.717, 1.165) is 5.56 Å². The highest BCUT2D eigenvalue weighted by atomic mass is 32.2. The van der Waals surface area contributed by atoms with Gasteiger partial charge in [-0.15, -0.1) is 0 Å². The molecule has 0 saturated heterocycles. The fourth-order valence-electron chi connectivity index (χ4n) is 2.10. The number of carboxylic acids is 1. The van der Waals surface area contributed by atoms with Gasteiger partial charge >= 0.3 is 5.97 Å². The third kappa shape index (κ3) is 2.69. The second kappa shape index (κ2) is 5.05. The smallest absolute Gasteiger partial charge is 0.307 e. The van der Waals surface area contributed by atoms with E-state index >= 15 is 0 Å². The molecule has 1 aromatic carbocycles. The Morgan fingerprint density at radius 3 is 2.33 bits per heavy atom. The van der Waals surface area contributed by atoms with E-state index in [-0.39, 0.29) is 11.3 Å². The van der Waals surface area contributed by atoms with Gasteiger partial charge in [-0.25, -0.2) is 8.42 Å². The molecule has 18 heavy (non-hydrogen) atoms. The van der Waals surface area contributed by atoms with Gasteiger partial charge in [-0.2, -0.15) is 4.83 Å². The zero-order valence-electron chi connectivity index (χ0n) is 10.4. The van der Waals surface area contributed by atoms with Crippen molar-refractivity contribution in [1.29, 1.82) is 0 Å². The summed E-state index contributed by atoms with van der Waals surface area (Å²) in [6.07, 6.45) is -0.217. The molecular weight excluding hydrogens is 256 g/mol. The Balaban J connectivity index is 3.60. The first-order valence-corrected chi connectivity index (χ1v) is 6.73. The summed E-state index contributed by atoms with van der Waals surface area (Å²) in [5, 5.41) is 8.85. The van der Waals surface area contributed by atoms with Crippen LogP contribution in [0.4, 0.5) is 0 Å². The first kappa shape index (κ1) is 14.6. The molecule has 0 spiro atoms. The summed E-state index contributed by atoms with van der Waals surface area (Å²) >= 11 is 0. The van der Waals surface area contributed by atoms with Crippen LogP contribution in [0.15, 0.2) is 11.0 Å². The third-order valence-corrected chi connectivity index (χ3v) is 4.29. The molecule has 0 bridgehead atoms. The lowest BCUT2D eigenvalue weighted by Crippen LogP contribution is -2.31. The van der Waals surface area contributed by atoms with Gasteiger partial charge in [-0.1, -0.05) is 6.07 Å². The molecule has 0 atom stereocenters. The number of aliphatic carboxylic acids is 1. The third-order valence-electron chi connectivity index (χ3n) is 2.81. The van der Waals surface area contributed by atoms with Crippen LogP contribution in [-0.4, -0.2) is 19.5 Å². The highest BCUT2D eigenvalue weighted by molar-refractivity contribution is 7.89. The molecular formula is C11H16N2O4S. The van der Waals surface area contributed by atoms with Gasteiger partial charge in [0, 0.05) is 0 Å². The molecule has 0 aliphatic carbocycles. The molecule has 100 valence electrons. The van der Waals surface area contributed by atoms with Gasteiger partial charge in [0.15, 0.2) is 0 Å². The lowest BCUT2D eigenvalue weighted by atomic mass is 9.97. The number of nitrogens with one attached hydrogen (secondary N) is 1. The second-order valence-corrected chi connectivity index (χ2v) is 5.79. The van der Waals surface area contributed by atoms with E-state index in [0.29, 0.717) is 16.7 Å². The first-order chi connectivity index (χ1) is 8.20. The van der Waals surface area contributed by atoms with Crippen LogP contribution in [-0.2, 0) is 21.2 Å². The molecule has 1 aromatic rings. The summed E-state index contributed by atoms with van der Waals surface area (Å²) in [4.78, 5) is 12.6. The van der Waals surface area contributed by atoms with Crippen LogP contribution in [0.25, 0.3) is 0 Å². The van der Waals surface area contributed by atoms with Crippen molar-refractivity contribution in [3.63, 3.8) is 0 Å². The standard InChI is InChI=1S/C11H16N2O4S/c1-6-4-7(2)11(18(16,17)13-12)8(3)9(6)5-10(14)15/h4,13H,5,12H2,1-3H3,(H,14,15). The normalized spacial score (nSPS) is 11.6. The number of nitrogens with two attached hydrogens (primary N) is 1. The Morgan fingerprint density at radius 1 is 1.33 bits per heavy atom. The number of benzene rings is 1. The summed E-state index contributed by atoms with van der Waals surface area (Å²) in [7, 11) is -3.80. The van der Waals surface area contributed by atoms with Crippen LogP contribution in [0.5, 0.6) is 0 Å². The minimum atomic E-state index is -3.80. The maximum Gasteiger partial charge on any atom is 0.307 e. The maximum atomic E-state index is 11.8. The molecule has 0 heterocycles. The van der Waals surface area contributed by atoms with Crippen LogP contribution >= 0.6 is 0 Å². The van der Waals surface area contributed by atoms with Crippen LogP contribution in [0.3, 0.4) is 0 Å². The van der Waals surface area contributed by atoms with Crippen molar-refractivity contribution in [2.75, 3.05) is 0 Å².